The lowest BCUT2D eigenvalue weighted by atomic mass is 9.38. The summed E-state index contributed by atoms with van der Waals surface area (Å²) in [4.78, 5) is 105. The molecule has 10 atom stereocenters. The second-order valence-corrected chi connectivity index (χ2v) is 23.7. The first-order valence-electron chi connectivity index (χ1n) is 26.4. The molecule has 1 saturated heterocycles. The highest BCUT2D eigenvalue weighted by atomic mass is 79.9. The summed E-state index contributed by atoms with van der Waals surface area (Å²) in [5, 5.41) is 28.8. The second-order valence-electron chi connectivity index (χ2n) is 23.1. The lowest BCUT2D eigenvalue weighted by Crippen LogP contribution is -2.72. The van der Waals surface area contributed by atoms with E-state index in [2.05, 4.69) is 50.9 Å². The van der Waals surface area contributed by atoms with E-state index < -0.39 is 102 Å². The number of likely N-dealkylation sites (N-methyl/N-ethyl adjacent to an activating group) is 2. The van der Waals surface area contributed by atoms with E-state index >= 15 is 4.79 Å². The SMILES string of the molecule is CN(CCN(C)C(=O)OCc1ccc(NC(=O)[C@H](CCC(=O)O)NC(=O)CNC(=O)CBr)cc1)C(=O)OCC(=O)[C@@]12O[C@H](c3ccc(CC45CC(N)(C4)C5)cc3)O[C@@H]1C[C@H]1[C@@H]3CCC4=CC(=O)C=C[C@]4(C)[C@H]3[C@@H](O)C[C@@]12C. The number of alkyl halides is 1. The second kappa shape index (κ2) is 21.7. The van der Waals surface area contributed by atoms with Gasteiger partial charge >= 0.3 is 18.2 Å². The van der Waals surface area contributed by atoms with Crippen molar-refractivity contribution in [1.29, 1.82) is 0 Å². The number of fused-ring (bicyclic) bond motifs is 7. The number of amides is 5. The molecule has 2 aromatic carbocycles. The molecule has 0 spiro atoms. The Kier molecular flexibility index (Phi) is 15.7. The van der Waals surface area contributed by atoms with Gasteiger partial charge in [0.1, 0.15) is 12.6 Å². The highest BCUT2D eigenvalue weighted by molar-refractivity contribution is 9.09. The number of anilines is 1. The summed E-state index contributed by atoms with van der Waals surface area (Å²) in [6, 6.07) is 13.2. The van der Waals surface area contributed by atoms with Gasteiger partial charge in [0.15, 0.2) is 24.3 Å². The summed E-state index contributed by atoms with van der Waals surface area (Å²) >= 11 is 2.97. The van der Waals surface area contributed by atoms with Crippen molar-refractivity contribution < 1.29 is 67.5 Å². The number of ketones is 2. The molecule has 7 aliphatic carbocycles. The Morgan fingerprint density at radius 2 is 1.58 bits per heavy atom. The number of rotatable bonds is 20. The van der Waals surface area contributed by atoms with Gasteiger partial charge in [0.2, 0.25) is 23.5 Å². The number of benzene rings is 2. The van der Waals surface area contributed by atoms with Crippen LogP contribution < -0.4 is 21.7 Å². The Morgan fingerprint density at radius 3 is 2.23 bits per heavy atom. The maximum atomic E-state index is 15.1. The number of nitrogens with zero attached hydrogens (tertiary/aromatic N) is 2. The van der Waals surface area contributed by atoms with Gasteiger partial charge in [0.25, 0.3) is 0 Å². The lowest BCUT2D eigenvalue weighted by molar-refractivity contribution is -0.201. The van der Waals surface area contributed by atoms with Crippen molar-refractivity contribution in [3.8, 4) is 0 Å². The van der Waals surface area contributed by atoms with Gasteiger partial charge in [-0.25, -0.2) is 9.59 Å². The number of carboxylic acid groups (broad SMARTS) is 1. The third-order valence-electron chi connectivity index (χ3n) is 17.8. The highest BCUT2D eigenvalue weighted by Gasteiger charge is 2.76. The molecular weight excluding hydrogens is 1060 g/mol. The first-order chi connectivity index (χ1) is 36.5. The molecular formula is C56H69BrN6O14. The molecule has 0 unspecified atom stereocenters. The molecule has 0 radical (unpaired) electrons. The molecule has 8 aliphatic rings. The average Bonchev–Trinajstić information content (AvgIpc) is 4.14. The summed E-state index contributed by atoms with van der Waals surface area (Å²) in [6.07, 6.45) is 6.94. The number of aliphatic hydroxyl groups excluding tert-OH is 1. The Bertz CT molecular complexity index is 2730. The zero-order chi connectivity index (χ0) is 55.2. The first-order valence-corrected chi connectivity index (χ1v) is 27.5. The number of nitrogens with two attached hydrogens (primary N) is 1. The molecule has 5 amide bonds. The number of nitrogens with one attached hydrogen (secondary N) is 3. The highest BCUT2D eigenvalue weighted by Crippen LogP contribution is 2.71. The molecule has 414 valence electrons. The zero-order valence-corrected chi connectivity index (χ0v) is 45.4. The van der Waals surface area contributed by atoms with Crippen LogP contribution in [0.1, 0.15) is 94.6 Å². The fraction of sp³-hybridized carbons (Fsp3) is 0.571. The Hall–Kier alpha value is -6.00. The molecule has 10 rings (SSSR count). The number of aliphatic carboxylic acids is 1. The monoisotopic (exact) mass is 1130 g/mol. The van der Waals surface area contributed by atoms with Gasteiger partial charge in [0, 0.05) is 67.1 Å². The third-order valence-corrected chi connectivity index (χ3v) is 18.3. The van der Waals surface area contributed by atoms with Crippen molar-refractivity contribution in [3.63, 3.8) is 0 Å². The molecule has 1 heterocycles. The van der Waals surface area contributed by atoms with Crippen molar-refractivity contribution in [2.45, 2.75) is 120 Å². The molecule has 0 aromatic heterocycles. The van der Waals surface area contributed by atoms with E-state index in [4.69, 9.17) is 29.8 Å². The zero-order valence-electron chi connectivity index (χ0n) is 43.8. The summed E-state index contributed by atoms with van der Waals surface area (Å²) in [5.41, 5.74) is 7.49. The van der Waals surface area contributed by atoms with Crippen LogP contribution in [0.4, 0.5) is 15.3 Å². The van der Waals surface area contributed by atoms with E-state index in [1.807, 2.05) is 25.1 Å². The van der Waals surface area contributed by atoms with Crippen LogP contribution >= 0.6 is 15.9 Å². The quantitative estimate of drug-likeness (QED) is 0.0967. The van der Waals surface area contributed by atoms with Gasteiger partial charge in [-0.3, -0.25) is 28.8 Å². The number of carboxylic acids is 1. The van der Waals surface area contributed by atoms with Gasteiger partial charge in [0.05, 0.1) is 24.1 Å². The largest absolute Gasteiger partial charge is 0.481 e. The minimum Gasteiger partial charge on any atom is -0.481 e. The predicted molar refractivity (Wildman–Crippen MR) is 281 cm³/mol. The van der Waals surface area contributed by atoms with E-state index in [9.17, 15) is 38.7 Å². The normalized spacial score (nSPS) is 32.2. The maximum Gasteiger partial charge on any atom is 0.409 e. The van der Waals surface area contributed by atoms with E-state index in [0.717, 1.165) is 43.2 Å². The molecule has 21 heteroatoms. The van der Waals surface area contributed by atoms with Crippen molar-refractivity contribution in [2.24, 2.45) is 39.7 Å². The van der Waals surface area contributed by atoms with Gasteiger partial charge in [-0.15, -0.1) is 0 Å². The third kappa shape index (κ3) is 10.9. The van der Waals surface area contributed by atoms with Crippen LogP contribution in [0.5, 0.6) is 0 Å². The number of halogens is 1. The van der Waals surface area contributed by atoms with Crippen LogP contribution in [0, 0.1) is 34.0 Å². The van der Waals surface area contributed by atoms with Gasteiger partial charge in [-0.1, -0.05) is 77.8 Å². The molecule has 1 aliphatic heterocycles. The van der Waals surface area contributed by atoms with Crippen LogP contribution in [0.15, 0.2) is 72.3 Å². The Morgan fingerprint density at radius 1 is 0.922 bits per heavy atom. The number of Topliss-reactive ketones (excluding diaryl/α,β-unsaturated/α-hetero) is 1. The number of allylic oxidation sites excluding steroid dienone is 4. The van der Waals surface area contributed by atoms with Crippen molar-refractivity contribution in [2.75, 3.05) is 51.0 Å². The Balaban J connectivity index is 0.794. The minimum atomic E-state index is -1.57. The smallest absolute Gasteiger partial charge is 0.409 e. The van der Waals surface area contributed by atoms with Crippen molar-refractivity contribution in [3.05, 3.63) is 89.0 Å². The van der Waals surface area contributed by atoms with Crippen LogP contribution in [0.25, 0.3) is 0 Å². The van der Waals surface area contributed by atoms with Gasteiger partial charge < -0.3 is 60.6 Å². The first kappa shape index (κ1) is 55.7. The van der Waals surface area contributed by atoms with Gasteiger partial charge in [-0.05, 0) is 110 Å². The summed E-state index contributed by atoms with van der Waals surface area (Å²) < 4.78 is 25.0. The fourth-order valence-corrected chi connectivity index (χ4v) is 14.4. The predicted octanol–water partition coefficient (Wildman–Crippen LogP) is 4.86. The molecule has 6 saturated carbocycles. The number of hydrogen-bond donors (Lipinski definition) is 6. The number of aliphatic hydroxyl groups is 1. The van der Waals surface area contributed by atoms with Crippen LogP contribution in [0.2, 0.25) is 0 Å². The standard InChI is InChI=1S/C56H69BrN6O14/c1-52-18-17-37(64)21-35(52)11-14-38-39-22-43-56(53(39,2)24-41(65)47(38)52,77-49(76-43)34-9-5-32(6-10-34)23-54-29-55(58,30-54)31-54)42(66)28-75-51(73)63(4)20-19-62(3)50(72)74-27-33-7-12-36(13-8-33)60-48(71)40(15-16-46(69)70)61-45(68)26-59-44(67)25-57/h5-10,12-13,17-18,21,38-41,43,47,49,65H,11,14-16,19-20,22-31,58H2,1-4H3,(H,59,67)(H,60,71)(H,61,68)(H,69,70)/t38-,39-,40-,41-,43+,47+,49+,52-,53-,54?,55?,56+/m0/s1. The molecule has 20 nitrogen and oxygen atoms in total. The number of carbonyl (C=O) groups excluding carboxylic acids is 7. The van der Waals surface area contributed by atoms with E-state index in [1.165, 1.54) is 29.5 Å². The van der Waals surface area contributed by atoms with E-state index in [-0.39, 0.29) is 72.4 Å². The number of ether oxygens (including phenoxy) is 4. The molecule has 77 heavy (non-hydrogen) atoms. The summed E-state index contributed by atoms with van der Waals surface area (Å²) in [6.45, 7) is 3.01. The van der Waals surface area contributed by atoms with Crippen LogP contribution in [-0.4, -0.2) is 143 Å². The fourth-order valence-electron chi connectivity index (χ4n) is 14.2. The Labute approximate surface area is 455 Å². The van der Waals surface area contributed by atoms with Crippen LogP contribution in [-0.2, 0) is 60.7 Å². The average molecular weight is 1130 g/mol. The van der Waals surface area contributed by atoms with Crippen LogP contribution in [0.3, 0.4) is 0 Å². The lowest BCUT2D eigenvalue weighted by Gasteiger charge is -2.69. The van der Waals surface area contributed by atoms with Gasteiger partial charge in [-0.2, -0.15) is 0 Å². The summed E-state index contributed by atoms with van der Waals surface area (Å²) in [7, 11) is 2.99. The van der Waals surface area contributed by atoms with Crippen molar-refractivity contribution >= 4 is 69.1 Å². The molecule has 2 aromatic rings. The molecule has 7 N–H and O–H groups in total. The van der Waals surface area contributed by atoms with E-state index in [0.29, 0.717) is 24.1 Å². The number of hydrogen-bond acceptors (Lipinski definition) is 14. The van der Waals surface area contributed by atoms with E-state index in [1.54, 1.807) is 36.4 Å². The molecule has 7 fully saturated rings. The number of carbonyl (C=O) groups is 8. The van der Waals surface area contributed by atoms with Crippen molar-refractivity contribution in [1.82, 2.24) is 20.4 Å². The topological polar surface area (TPSA) is 283 Å². The summed E-state index contributed by atoms with van der Waals surface area (Å²) in [5.74, 6) is -3.77. The minimum absolute atomic E-state index is 0.0114. The molecule has 2 bridgehead atoms. The maximum absolute atomic E-state index is 15.1.